The van der Waals surface area contributed by atoms with Crippen molar-refractivity contribution in [2.24, 2.45) is 0 Å². The predicted molar refractivity (Wildman–Crippen MR) is 65.4 cm³/mol. The molecule has 0 unspecified atom stereocenters. The first kappa shape index (κ1) is 13.7. The lowest BCUT2D eigenvalue weighted by Gasteiger charge is -2.09. The monoisotopic (exact) mass is 239 g/mol. The Hall–Kier alpha value is -1.32. The van der Waals surface area contributed by atoms with Gasteiger partial charge >= 0.3 is 5.97 Å². The van der Waals surface area contributed by atoms with Crippen LogP contribution in [0.4, 0.5) is 0 Å². The number of rotatable bonds is 7. The van der Waals surface area contributed by atoms with E-state index >= 15 is 0 Å². The predicted octanol–water partition coefficient (Wildman–Crippen LogP) is 1.94. The lowest BCUT2D eigenvalue weighted by molar-refractivity contribution is -0.146. The fourth-order valence-electron chi connectivity index (χ4n) is 1.67. The van der Waals surface area contributed by atoms with E-state index in [0.29, 0.717) is 19.4 Å². The van der Waals surface area contributed by atoms with Gasteiger partial charge < -0.3 is 10.1 Å². The van der Waals surface area contributed by atoms with Gasteiger partial charge in [0.25, 0.3) is 0 Å². The molecule has 0 aromatic carbocycles. The lowest BCUT2D eigenvalue weighted by atomic mass is 10.2. The number of carbonyl (C=O) groups excluding carboxylic acids is 2. The molecule has 1 N–H and O–H groups in total. The Bertz CT molecular complexity index is 286. The fraction of sp³-hybridized carbons (Fsp3) is 0.692. The molecule has 4 nitrogen and oxygen atoms in total. The van der Waals surface area contributed by atoms with Gasteiger partial charge in [0, 0.05) is 6.42 Å². The molecule has 0 aromatic rings. The zero-order valence-electron chi connectivity index (χ0n) is 10.4. The van der Waals surface area contributed by atoms with Crippen LogP contribution < -0.4 is 5.32 Å². The molecule has 0 saturated carbocycles. The molecule has 0 aromatic heterocycles. The molecule has 1 aliphatic rings. The maximum absolute atomic E-state index is 11.5. The van der Waals surface area contributed by atoms with Gasteiger partial charge in [0.15, 0.2) is 0 Å². The molecule has 1 aliphatic heterocycles. The van der Waals surface area contributed by atoms with Crippen LogP contribution in [-0.4, -0.2) is 24.5 Å². The molecular formula is C13H21NO3. The molecule has 17 heavy (non-hydrogen) atoms. The van der Waals surface area contributed by atoms with Crippen molar-refractivity contribution < 1.29 is 14.3 Å². The van der Waals surface area contributed by atoms with Crippen LogP contribution in [0, 0.1) is 0 Å². The smallest absolute Gasteiger partial charge is 0.328 e. The number of nitrogens with one attached hydrogen (secondary N) is 1. The van der Waals surface area contributed by atoms with Gasteiger partial charge in [-0.05, 0) is 25.7 Å². The average Bonchev–Trinajstić information content (AvgIpc) is 2.74. The zero-order chi connectivity index (χ0) is 12.5. The SMILES string of the molecule is CCC/C=C/CCCOC(=O)[C@@H]1CCC(=O)N1. The summed E-state index contributed by atoms with van der Waals surface area (Å²) < 4.78 is 5.09. The first-order valence-corrected chi connectivity index (χ1v) is 6.35. The highest BCUT2D eigenvalue weighted by Crippen LogP contribution is 2.08. The topological polar surface area (TPSA) is 55.4 Å². The fourth-order valence-corrected chi connectivity index (χ4v) is 1.67. The number of hydrogen-bond donors (Lipinski definition) is 1. The second-order valence-corrected chi connectivity index (χ2v) is 4.23. The molecule has 1 rings (SSSR count). The van der Waals surface area contributed by atoms with Gasteiger partial charge in [-0.15, -0.1) is 0 Å². The molecule has 96 valence electrons. The zero-order valence-corrected chi connectivity index (χ0v) is 10.4. The summed E-state index contributed by atoms with van der Waals surface area (Å²) in [5.74, 6) is -0.358. The third kappa shape index (κ3) is 5.52. The highest BCUT2D eigenvalue weighted by atomic mass is 16.5. The minimum Gasteiger partial charge on any atom is -0.464 e. The van der Waals surface area contributed by atoms with Gasteiger partial charge in [0.05, 0.1) is 6.61 Å². The summed E-state index contributed by atoms with van der Waals surface area (Å²) in [7, 11) is 0. The molecule has 1 atom stereocenters. The van der Waals surface area contributed by atoms with Crippen molar-refractivity contribution in [3.8, 4) is 0 Å². The van der Waals surface area contributed by atoms with Crippen LogP contribution in [0.25, 0.3) is 0 Å². The second-order valence-electron chi connectivity index (χ2n) is 4.23. The van der Waals surface area contributed by atoms with Crippen molar-refractivity contribution in [2.45, 2.75) is 51.5 Å². The van der Waals surface area contributed by atoms with Crippen molar-refractivity contribution in [3.05, 3.63) is 12.2 Å². The van der Waals surface area contributed by atoms with Crippen molar-refractivity contribution >= 4 is 11.9 Å². The largest absolute Gasteiger partial charge is 0.464 e. The molecule has 0 spiro atoms. The number of ether oxygens (including phenoxy) is 1. The van der Waals surface area contributed by atoms with E-state index in [2.05, 4.69) is 24.4 Å². The lowest BCUT2D eigenvalue weighted by Crippen LogP contribution is -2.34. The highest BCUT2D eigenvalue weighted by molar-refractivity contribution is 5.87. The van der Waals surface area contributed by atoms with Crippen molar-refractivity contribution in [3.63, 3.8) is 0 Å². The van der Waals surface area contributed by atoms with Crippen LogP contribution in [0.2, 0.25) is 0 Å². The van der Waals surface area contributed by atoms with E-state index in [4.69, 9.17) is 4.74 Å². The highest BCUT2D eigenvalue weighted by Gasteiger charge is 2.28. The third-order valence-corrected chi connectivity index (χ3v) is 2.66. The summed E-state index contributed by atoms with van der Waals surface area (Å²) >= 11 is 0. The van der Waals surface area contributed by atoms with E-state index in [0.717, 1.165) is 25.7 Å². The van der Waals surface area contributed by atoms with Crippen LogP contribution in [0.15, 0.2) is 12.2 Å². The van der Waals surface area contributed by atoms with E-state index in [1.165, 1.54) is 0 Å². The first-order chi connectivity index (χ1) is 8.24. The Kier molecular flexibility index (Phi) is 6.37. The van der Waals surface area contributed by atoms with Gasteiger partial charge in [-0.25, -0.2) is 4.79 Å². The number of carbonyl (C=O) groups is 2. The van der Waals surface area contributed by atoms with E-state index in [1.54, 1.807) is 0 Å². The molecule has 4 heteroatoms. The molecule has 0 aliphatic carbocycles. The van der Waals surface area contributed by atoms with Crippen LogP contribution in [0.5, 0.6) is 0 Å². The molecule has 0 bridgehead atoms. The quantitative estimate of drug-likeness (QED) is 0.419. The first-order valence-electron chi connectivity index (χ1n) is 6.35. The number of unbranched alkanes of at least 4 members (excludes halogenated alkanes) is 2. The Morgan fingerprint density at radius 2 is 2.24 bits per heavy atom. The molecule has 1 heterocycles. The van der Waals surface area contributed by atoms with Gasteiger partial charge in [-0.3, -0.25) is 4.79 Å². The number of amides is 1. The Morgan fingerprint density at radius 3 is 2.88 bits per heavy atom. The van der Waals surface area contributed by atoms with Gasteiger partial charge in [-0.1, -0.05) is 25.5 Å². The molecule has 1 amide bonds. The van der Waals surface area contributed by atoms with E-state index < -0.39 is 6.04 Å². The number of allylic oxidation sites excluding steroid dienone is 2. The van der Waals surface area contributed by atoms with E-state index in [-0.39, 0.29) is 11.9 Å². The van der Waals surface area contributed by atoms with Gasteiger partial charge in [0.2, 0.25) is 5.91 Å². The van der Waals surface area contributed by atoms with Gasteiger partial charge in [-0.2, -0.15) is 0 Å². The number of hydrogen-bond acceptors (Lipinski definition) is 3. The summed E-state index contributed by atoms with van der Waals surface area (Å²) in [6, 6.07) is -0.418. The normalized spacial score (nSPS) is 19.6. The standard InChI is InChI=1S/C13H21NO3/c1-2-3-4-5-6-7-10-17-13(16)11-8-9-12(15)14-11/h4-5,11H,2-3,6-10H2,1H3,(H,14,15)/b5-4+/t11-/m0/s1. The Morgan fingerprint density at radius 1 is 1.47 bits per heavy atom. The third-order valence-electron chi connectivity index (χ3n) is 2.66. The Balaban J connectivity index is 2.02. The van der Waals surface area contributed by atoms with Crippen molar-refractivity contribution in [1.82, 2.24) is 5.32 Å². The van der Waals surface area contributed by atoms with E-state index in [1.807, 2.05) is 0 Å². The summed E-state index contributed by atoms with van der Waals surface area (Å²) in [5.41, 5.74) is 0. The summed E-state index contributed by atoms with van der Waals surface area (Å²) in [6.45, 7) is 2.57. The van der Waals surface area contributed by atoms with Crippen molar-refractivity contribution in [1.29, 1.82) is 0 Å². The summed E-state index contributed by atoms with van der Waals surface area (Å²) in [6.07, 6.45) is 9.30. The second kappa shape index (κ2) is 7.87. The maximum Gasteiger partial charge on any atom is 0.328 e. The van der Waals surface area contributed by atoms with Crippen LogP contribution in [0.1, 0.15) is 45.4 Å². The molecule has 1 saturated heterocycles. The molecule has 1 fully saturated rings. The molecular weight excluding hydrogens is 218 g/mol. The minimum atomic E-state index is -0.418. The number of esters is 1. The van der Waals surface area contributed by atoms with E-state index in [9.17, 15) is 9.59 Å². The Labute approximate surface area is 102 Å². The minimum absolute atomic E-state index is 0.0607. The van der Waals surface area contributed by atoms with Crippen LogP contribution in [0.3, 0.4) is 0 Å². The maximum atomic E-state index is 11.5. The summed E-state index contributed by atoms with van der Waals surface area (Å²) in [5, 5.41) is 2.59. The molecule has 0 radical (unpaired) electrons. The summed E-state index contributed by atoms with van der Waals surface area (Å²) in [4.78, 5) is 22.4. The van der Waals surface area contributed by atoms with Crippen LogP contribution in [-0.2, 0) is 14.3 Å². The van der Waals surface area contributed by atoms with Crippen LogP contribution >= 0.6 is 0 Å². The van der Waals surface area contributed by atoms with Crippen molar-refractivity contribution in [2.75, 3.05) is 6.61 Å². The van der Waals surface area contributed by atoms with Gasteiger partial charge in [0.1, 0.15) is 6.04 Å². The average molecular weight is 239 g/mol.